The van der Waals surface area contributed by atoms with Crippen LogP contribution in [-0.2, 0) is 21.8 Å². The molecule has 0 fully saturated rings. The summed E-state index contributed by atoms with van der Waals surface area (Å²) in [5.74, 6) is 0. The Morgan fingerprint density at radius 2 is 1.74 bits per heavy atom. The van der Waals surface area contributed by atoms with Gasteiger partial charge in [0.1, 0.15) is 5.60 Å². The summed E-state index contributed by atoms with van der Waals surface area (Å²) in [5, 5.41) is 5.68. The fourth-order valence-electron chi connectivity index (χ4n) is 4.09. The van der Waals surface area contributed by atoms with Crippen molar-refractivity contribution in [2.24, 2.45) is 7.05 Å². The van der Waals surface area contributed by atoms with Gasteiger partial charge < -0.3 is 4.74 Å². The minimum atomic E-state index is -4.08. The van der Waals surface area contributed by atoms with Crippen LogP contribution in [0.3, 0.4) is 0 Å². The van der Waals surface area contributed by atoms with E-state index in [1.165, 1.54) is 8.54 Å². The second kappa shape index (κ2) is 7.81. The second-order valence-electron chi connectivity index (χ2n) is 9.42. The summed E-state index contributed by atoms with van der Waals surface area (Å²) in [4.78, 5) is 17.6. The Labute approximate surface area is 202 Å². The molecule has 0 bridgehead atoms. The van der Waals surface area contributed by atoms with Crippen molar-refractivity contribution < 1.29 is 17.9 Å². The molecule has 1 aromatic carbocycles. The molecule has 0 N–H and O–H groups in total. The van der Waals surface area contributed by atoms with Crippen molar-refractivity contribution in [1.29, 1.82) is 0 Å². The van der Waals surface area contributed by atoms with Crippen molar-refractivity contribution in [3.63, 3.8) is 0 Å². The third-order valence-corrected chi connectivity index (χ3v) is 7.36. The van der Waals surface area contributed by atoms with E-state index >= 15 is 0 Å². The van der Waals surface area contributed by atoms with E-state index < -0.39 is 21.7 Å². The number of carbonyl (C=O) groups excluding carboxylic acids is 1. The number of aryl methyl sites for hydroxylation is 2. The molecule has 35 heavy (non-hydrogen) atoms. The molecular weight excluding hydrogens is 466 g/mol. The summed E-state index contributed by atoms with van der Waals surface area (Å²) in [6, 6.07) is 11.7. The number of fused-ring (bicyclic) bond motifs is 3. The van der Waals surface area contributed by atoms with Crippen LogP contribution in [0, 0.1) is 6.92 Å². The number of ether oxygens (including phenoxy) is 1. The largest absolute Gasteiger partial charge is 0.443 e. The summed E-state index contributed by atoms with van der Waals surface area (Å²) >= 11 is 0. The Hall–Kier alpha value is -3.92. The van der Waals surface area contributed by atoms with Gasteiger partial charge >= 0.3 is 6.09 Å². The van der Waals surface area contributed by atoms with Crippen LogP contribution in [0.1, 0.15) is 26.3 Å². The second-order valence-corrected chi connectivity index (χ2v) is 11.2. The smallest absolute Gasteiger partial charge is 0.419 e. The van der Waals surface area contributed by atoms with Gasteiger partial charge in [-0.2, -0.15) is 5.10 Å². The molecule has 0 atom stereocenters. The van der Waals surface area contributed by atoms with Crippen molar-refractivity contribution in [3.05, 3.63) is 66.6 Å². The number of pyridine rings is 1. The van der Waals surface area contributed by atoms with Gasteiger partial charge in [0.2, 0.25) is 0 Å². The van der Waals surface area contributed by atoms with E-state index in [0.29, 0.717) is 11.1 Å². The lowest BCUT2D eigenvalue weighted by Gasteiger charge is -2.20. The molecule has 5 aromatic rings. The van der Waals surface area contributed by atoms with Gasteiger partial charge in [-0.3, -0.25) is 9.25 Å². The first kappa shape index (κ1) is 22.9. The van der Waals surface area contributed by atoms with Gasteiger partial charge in [0, 0.05) is 30.2 Å². The lowest BCUT2D eigenvalue weighted by molar-refractivity contribution is 0.0540. The van der Waals surface area contributed by atoms with E-state index in [-0.39, 0.29) is 16.2 Å². The highest BCUT2D eigenvalue weighted by molar-refractivity contribution is 7.90. The number of aromatic nitrogens is 5. The van der Waals surface area contributed by atoms with E-state index in [1.807, 2.05) is 6.92 Å². The van der Waals surface area contributed by atoms with Crippen molar-refractivity contribution in [3.8, 4) is 11.4 Å². The molecule has 10 heteroatoms. The maximum Gasteiger partial charge on any atom is 0.419 e. The molecule has 4 heterocycles. The molecule has 9 nitrogen and oxygen atoms in total. The molecule has 0 saturated carbocycles. The predicted octanol–water partition coefficient (Wildman–Crippen LogP) is 4.72. The first-order valence-corrected chi connectivity index (χ1v) is 12.5. The maximum atomic E-state index is 14.0. The number of hydrogen-bond acceptors (Lipinski definition) is 6. The lowest BCUT2D eigenvalue weighted by Crippen LogP contribution is -2.27. The van der Waals surface area contributed by atoms with E-state index in [4.69, 9.17) is 4.74 Å². The van der Waals surface area contributed by atoms with Gasteiger partial charge in [-0.15, -0.1) is 0 Å². The number of nitrogens with zero attached hydrogens (tertiary/aromatic N) is 5. The first-order valence-electron chi connectivity index (χ1n) is 11.0. The predicted molar refractivity (Wildman–Crippen MR) is 133 cm³/mol. The molecule has 0 aliphatic carbocycles. The first-order chi connectivity index (χ1) is 16.5. The molecule has 0 radical (unpaired) electrons. The Morgan fingerprint density at radius 1 is 1.03 bits per heavy atom. The van der Waals surface area contributed by atoms with Crippen molar-refractivity contribution in [1.82, 2.24) is 23.3 Å². The number of rotatable bonds is 3. The van der Waals surface area contributed by atoms with Gasteiger partial charge in [-0.05, 0) is 58.0 Å². The van der Waals surface area contributed by atoms with Gasteiger partial charge in [-0.25, -0.2) is 22.2 Å². The number of benzene rings is 1. The average molecular weight is 492 g/mol. The Bertz CT molecular complexity index is 1700. The zero-order chi connectivity index (χ0) is 25.1. The van der Waals surface area contributed by atoms with Crippen LogP contribution in [0.15, 0.2) is 66.0 Å². The quantitative estimate of drug-likeness (QED) is 0.362. The maximum absolute atomic E-state index is 14.0. The van der Waals surface area contributed by atoms with Gasteiger partial charge in [0.05, 0.1) is 28.0 Å². The van der Waals surface area contributed by atoms with Crippen LogP contribution in [0.25, 0.3) is 33.3 Å². The lowest BCUT2D eigenvalue weighted by atomic mass is 10.2. The normalized spacial score (nSPS) is 12.5. The van der Waals surface area contributed by atoms with E-state index in [2.05, 4.69) is 10.1 Å². The van der Waals surface area contributed by atoms with Crippen LogP contribution in [0.5, 0.6) is 0 Å². The molecule has 4 aromatic heterocycles. The highest BCUT2D eigenvalue weighted by Gasteiger charge is 2.29. The monoisotopic (exact) mass is 491 g/mol. The third kappa shape index (κ3) is 3.79. The number of hydrogen-bond donors (Lipinski definition) is 0. The van der Waals surface area contributed by atoms with Gasteiger partial charge in [0.25, 0.3) is 10.0 Å². The molecule has 0 amide bonds. The highest BCUT2D eigenvalue weighted by atomic mass is 32.2. The van der Waals surface area contributed by atoms with Crippen molar-refractivity contribution in [2.45, 2.75) is 38.2 Å². The average Bonchev–Trinajstić information content (AvgIpc) is 3.49. The molecule has 5 rings (SSSR count). The van der Waals surface area contributed by atoms with Crippen LogP contribution >= 0.6 is 0 Å². The Balaban J connectivity index is 1.83. The van der Waals surface area contributed by atoms with E-state index in [0.717, 1.165) is 16.5 Å². The molecule has 0 saturated heterocycles. The van der Waals surface area contributed by atoms with Crippen molar-refractivity contribution >= 4 is 38.1 Å². The van der Waals surface area contributed by atoms with Crippen LogP contribution < -0.4 is 0 Å². The minimum absolute atomic E-state index is 0.115. The van der Waals surface area contributed by atoms with E-state index in [9.17, 15) is 13.2 Å². The zero-order valence-electron chi connectivity index (χ0n) is 20.1. The van der Waals surface area contributed by atoms with Gasteiger partial charge in [0.15, 0.2) is 5.65 Å². The number of carbonyl (C=O) groups is 1. The fourth-order valence-corrected chi connectivity index (χ4v) is 5.56. The molecular formula is C25H25N5O4S. The van der Waals surface area contributed by atoms with Crippen LogP contribution in [0.4, 0.5) is 4.79 Å². The topological polar surface area (TPSA) is 101 Å². The standard InChI is InChI=1S/C25H25N5O4S/c1-16-8-10-18(11-9-16)35(32,33)30-21(20-7-6-12-29(20)24(31)34-25(2,3)4)13-19-22-17(14-26-23(19)30)15-27-28(22)5/h6-15H,1-5H3. The van der Waals surface area contributed by atoms with Gasteiger partial charge in [-0.1, -0.05) is 17.7 Å². The van der Waals surface area contributed by atoms with Crippen LogP contribution in [0.2, 0.25) is 0 Å². The minimum Gasteiger partial charge on any atom is -0.443 e. The molecule has 180 valence electrons. The molecule has 0 aliphatic rings. The molecule has 0 spiro atoms. The summed E-state index contributed by atoms with van der Waals surface area (Å²) in [7, 11) is -2.29. The van der Waals surface area contributed by atoms with Crippen molar-refractivity contribution in [2.75, 3.05) is 0 Å². The molecule has 0 aliphatic heterocycles. The molecule has 0 unspecified atom stereocenters. The SMILES string of the molecule is Cc1ccc(S(=O)(=O)n2c(-c3cccn3C(=O)OC(C)(C)C)cc3c4c(cnc32)cnn4C)cc1. The summed E-state index contributed by atoms with van der Waals surface area (Å²) in [6.45, 7) is 7.21. The summed E-state index contributed by atoms with van der Waals surface area (Å²) < 4.78 is 37.7. The fraction of sp³-hybridized carbons (Fsp3) is 0.240. The third-order valence-electron chi connectivity index (χ3n) is 5.64. The summed E-state index contributed by atoms with van der Waals surface area (Å²) in [5.41, 5.74) is 1.86. The van der Waals surface area contributed by atoms with E-state index in [1.54, 1.807) is 93.6 Å². The van der Waals surface area contributed by atoms with Crippen LogP contribution in [-0.4, -0.2) is 43.4 Å². The zero-order valence-corrected chi connectivity index (χ0v) is 20.9. The summed E-state index contributed by atoms with van der Waals surface area (Å²) in [6.07, 6.45) is 4.22. The highest BCUT2D eigenvalue weighted by Crippen LogP contribution is 2.35. The Morgan fingerprint density at radius 3 is 2.43 bits per heavy atom. The Kier molecular flexibility index (Phi) is 5.10.